The zero-order valence-corrected chi connectivity index (χ0v) is 12.7. The fourth-order valence-electron chi connectivity index (χ4n) is 2.52. The average molecular weight is 265 g/mol. The van der Waals surface area contributed by atoms with Gasteiger partial charge in [0.2, 0.25) is 11.9 Å². The van der Waals surface area contributed by atoms with E-state index in [0.29, 0.717) is 12.1 Å². The number of guanidine groups is 2. The Balaban J connectivity index is 2.21. The van der Waals surface area contributed by atoms with Gasteiger partial charge in [-0.25, -0.2) is 4.99 Å². The van der Waals surface area contributed by atoms with E-state index in [1.165, 1.54) is 12.8 Å². The second-order valence-corrected chi connectivity index (χ2v) is 5.87. The highest BCUT2D eigenvalue weighted by atomic mass is 15.5. The van der Waals surface area contributed by atoms with Crippen LogP contribution >= 0.6 is 0 Å². The molecular formula is C14H27N5. The second kappa shape index (κ2) is 6.26. The quantitative estimate of drug-likeness (QED) is 0.608. The van der Waals surface area contributed by atoms with Crippen molar-refractivity contribution in [1.82, 2.24) is 15.1 Å². The molecule has 5 heteroatoms. The molecule has 2 heterocycles. The molecule has 2 aliphatic rings. The van der Waals surface area contributed by atoms with Crippen molar-refractivity contribution in [3.05, 3.63) is 0 Å². The lowest BCUT2D eigenvalue weighted by molar-refractivity contribution is 0.290. The predicted molar refractivity (Wildman–Crippen MR) is 80.7 cm³/mol. The van der Waals surface area contributed by atoms with Gasteiger partial charge in [-0.2, -0.15) is 0 Å². The van der Waals surface area contributed by atoms with Gasteiger partial charge >= 0.3 is 0 Å². The molecule has 0 aromatic heterocycles. The molecule has 19 heavy (non-hydrogen) atoms. The van der Waals surface area contributed by atoms with Crippen molar-refractivity contribution in [2.45, 2.75) is 52.6 Å². The maximum absolute atomic E-state index is 4.76. The molecule has 0 aromatic rings. The highest BCUT2D eigenvalue weighted by molar-refractivity contribution is 5.99. The molecule has 5 nitrogen and oxygen atoms in total. The van der Waals surface area contributed by atoms with Crippen LogP contribution in [0.5, 0.6) is 0 Å². The van der Waals surface area contributed by atoms with Crippen LogP contribution in [-0.2, 0) is 0 Å². The summed E-state index contributed by atoms with van der Waals surface area (Å²) in [5.41, 5.74) is 0. The fourth-order valence-corrected chi connectivity index (χ4v) is 2.52. The summed E-state index contributed by atoms with van der Waals surface area (Å²) in [7, 11) is 0. The van der Waals surface area contributed by atoms with E-state index < -0.39 is 0 Å². The number of nitrogens with zero attached hydrogens (tertiary/aromatic N) is 4. The van der Waals surface area contributed by atoms with E-state index in [2.05, 4.69) is 42.8 Å². The molecule has 0 aliphatic carbocycles. The van der Waals surface area contributed by atoms with Gasteiger partial charge in [-0.05, 0) is 40.5 Å². The van der Waals surface area contributed by atoms with Gasteiger partial charge in [0, 0.05) is 38.3 Å². The Kier molecular flexibility index (Phi) is 4.66. The topological polar surface area (TPSA) is 43.2 Å². The van der Waals surface area contributed by atoms with E-state index in [9.17, 15) is 0 Å². The molecule has 0 spiro atoms. The Hall–Kier alpha value is -1.26. The Morgan fingerprint density at radius 2 is 1.89 bits per heavy atom. The number of hydrogen-bond donors (Lipinski definition) is 1. The molecule has 0 saturated carbocycles. The summed E-state index contributed by atoms with van der Waals surface area (Å²) in [4.78, 5) is 14.1. The lowest BCUT2D eigenvalue weighted by Gasteiger charge is -2.41. The normalized spacial score (nSPS) is 20.7. The molecule has 1 N–H and O–H groups in total. The summed E-state index contributed by atoms with van der Waals surface area (Å²) < 4.78 is 0. The van der Waals surface area contributed by atoms with E-state index in [0.717, 1.165) is 38.1 Å². The molecule has 0 unspecified atom stereocenters. The van der Waals surface area contributed by atoms with Crippen molar-refractivity contribution in [2.24, 2.45) is 9.98 Å². The number of fused-ring (bicyclic) bond motifs is 1. The highest BCUT2D eigenvalue weighted by Gasteiger charge is 2.28. The maximum atomic E-state index is 4.76. The summed E-state index contributed by atoms with van der Waals surface area (Å²) in [5, 5.41) is 3.48. The fraction of sp³-hybridized carbons (Fsp3) is 0.857. The van der Waals surface area contributed by atoms with Crippen LogP contribution in [0.15, 0.2) is 9.98 Å². The Bertz CT molecular complexity index is 359. The minimum Gasteiger partial charge on any atom is -0.354 e. The first kappa shape index (κ1) is 14.2. The Morgan fingerprint density at radius 1 is 1.16 bits per heavy atom. The van der Waals surface area contributed by atoms with Gasteiger partial charge < -0.3 is 10.2 Å². The number of rotatable bonds is 2. The van der Waals surface area contributed by atoms with E-state index in [4.69, 9.17) is 9.98 Å². The second-order valence-electron chi connectivity index (χ2n) is 5.87. The van der Waals surface area contributed by atoms with Gasteiger partial charge in [0.05, 0.1) is 0 Å². The van der Waals surface area contributed by atoms with Crippen molar-refractivity contribution in [3.63, 3.8) is 0 Å². The molecule has 0 bridgehead atoms. The summed E-state index contributed by atoms with van der Waals surface area (Å²) in [6, 6.07) is 0.679. The first-order valence-corrected chi connectivity index (χ1v) is 7.49. The standard InChI is InChI=1S/C14H27N5/c1-11(2)16-13(17-12(3)4)19-10-6-9-18-8-5-7-15-14(18)19/h11-12H,5-10H2,1-4H3,(H,16,17). The molecule has 108 valence electrons. The molecule has 1 saturated heterocycles. The number of nitrogens with one attached hydrogen (secondary N) is 1. The molecule has 1 fully saturated rings. The van der Waals surface area contributed by atoms with Crippen LogP contribution in [-0.4, -0.2) is 60.0 Å². The highest BCUT2D eigenvalue weighted by Crippen LogP contribution is 2.14. The average Bonchev–Trinajstić information content (AvgIpc) is 2.36. The number of aliphatic imine (C=N–C) groups is 2. The van der Waals surface area contributed by atoms with Gasteiger partial charge in [-0.1, -0.05) is 0 Å². The van der Waals surface area contributed by atoms with Crippen LogP contribution in [0.25, 0.3) is 0 Å². The summed E-state index contributed by atoms with van der Waals surface area (Å²) in [5.74, 6) is 2.10. The van der Waals surface area contributed by atoms with Gasteiger partial charge in [0.15, 0.2) is 0 Å². The van der Waals surface area contributed by atoms with Crippen LogP contribution in [0, 0.1) is 0 Å². The Morgan fingerprint density at radius 3 is 2.58 bits per heavy atom. The largest absolute Gasteiger partial charge is 0.354 e. The van der Waals surface area contributed by atoms with Crippen LogP contribution in [0.1, 0.15) is 40.5 Å². The third kappa shape index (κ3) is 3.61. The minimum atomic E-state index is 0.292. The first-order chi connectivity index (χ1) is 9.08. The summed E-state index contributed by atoms with van der Waals surface area (Å²) in [6.45, 7) is 12.8. The molecule has 0 aromatic carbocycles. The molecule has 0 atom stereocenters. The molecule has 2 aliphatic heterocycles. The molecule has 2 rings (SSSR count). The summed E-state index contributed by atoms with van der Waals surface area (Å²) >= 11 is 0. The lowest BCUT2D eigenvalue weighted by Crippen LogP contribution is -2.58. The minimum absolute atomic E-state index is 0.292. The van der Waals surface area contributed by atoms with E-state index in [-0.39, 0.29) is 0 Å². The predicted octanol–water partition coefficient (Wildman–Crippen LogP) is 1.52. The van der Waals surface area contributed by atoms with E-state index >= 15 is 0 Å². The van der Waals surface area contributed by atoms with E-state index in [1.807, 2.05) is 0 Å². The van der Waals surface area contributed by atoms with Crippen molar-refractivity contribution < 1.29 is 0 Å². The SMILES string of the molecule is CC(C)N=C(NC(C)C)N1CCCN2CCCN=C21. The third-order valence-electron chi connectivity index (χ3n) is 3.23. The lowest BCUT2D eigenvalue weighted by atomic mass is 10.2. The van der Waals surface area contributed by atoms with Gasteiger partial charge in [-0.3, -0.25) is 9.89 Å². The van der Waals surface area contributed by atoms with Gasteiger partial charge in [-0.15, -0.1) is 0 Å². The van der Waals surface area contributed by atoms with Crippen LogP contribution in [0.4, 0.5) is 0 Å². The van der Waals surface area contributed by atoms with Crippen molar-refractivity contribution in [3.8, 4) is 0 Å². The summed E-state index contributed by atoms with van der Waals surface area (Å²) in [6.07, 6.45) is 2.35. The van der Waals surface area contributed by atoms with E-state index in [1.54, 1.807) is 0 Å². The van der Waals surface area contributed by atoms with Crippen molar-refractivity contribution >= 4 is 11.9 Å². The number of hydrogen-bond acceptors (Lipinski definition) is 3. The third-order valence-corrected chi connectivity index (χ3v) is 3.23. The van der Waals surface area contributed by atoms with Crippen molar-refractivity contribution in [2.75, 3.05) is 26.2 Å². The van der Waals surface area contributed by atoms with Crippen LogP contribution in [0.3, 0.4) is 0 Å². The molecule has 0 radical (unpaired) electrons. The van der Waals surface area contributed by atoms with Crippen LogP contribution in [0.2, 0.25) is 0 Å². The monoisotopic (exact) mass is 265 g/mol. The van der Waals surface area contributed by atoms with Gasteiger partial charge in [0.25, 0.3) is 0 Å². The Labute approximate surface area is 116 Å². The maximum Gasteiger partial charge on any atom is 0.203 e. The zero-order chi connectivity index (χ0) is 13.8. The molecular weight excluding hydrogens is 238 g/mol. The zero-order valence-electron chi connectivity index (χ0n) is 12.7. The van der Waals surface area contributed by atoms with Crippen LogP contribution < -0.4 is 5.32 Å². The van der Waals surface area contributed by atoms with Crippen molar-refractivity contribution in [1.29, 1.82) is 0 Å². The first-order valence-electron chi connectivity index (χ1n) is 7.49. The smallest absolute Gasteiger partial charge is 0.203 e. The van der Waals surface area contributed by atoms with Gasteiger partial charge in [0.1, 0.15) is 0 Å². The molecule has 0 amide bonds.